The summed E-state index contributed by atoms with van der Waals surface area (Å²) in [6.45, 7) is 0. The molecule has 2 aromatic rings. The van der Waals surface area contributed by atoms with Crippen molar-refractivity contribution in [2.45, 2.75) is 0 Å². The number of non-ortho nitro benzene ring substituents is 1. The van der Waals surface area contributed by atoms with Gasteiger partial charge in [-0.05, 0) is 0 Å². The molecule has 17 heteroatoms. The van der Waals surface area contributed by atoms with E-state index in [9.17, 15) is 50.6 Å². The Kier molecular flexibility index (Phi) is 5.15. The van der Waals surface area contributed by atoms with Gasteiger partial charge >= 0.3 is 22.7 Å². The Hall–Kier alpha value is -4.96. The summed E-state index contributed by atoms with van der Waals surface area (Å²) >= 11 is 0. The molecule has 17 nitrogen and oxygen atoms in total. The zero-order valence-electron chi connectivity index (χ0n) is 13.7. The molecular weight excluding hydrogens is 402 g/mol. The third kappa shape index (κ3) is 3.92. The second-order valence-corrected chi connectivity index (χ2v) is 5.20. The van der Waals surface area contributed by atoms with E-state index in [0.29, 0.717) is 24.3 Å². The fourth-order valence-corrected chi connectivity index (χ4v) is 2.25. The molecule has 0 bridgehead atoms. The number of rotatable bonds is 7. The zero-order valence-corrected chi connectivity index (χ0v) is 13.7. The molecule has 0 saturated carbocycles. The SMILES string of the molecule is Nc1cc([N+](=O)[O-])c([N+](=O)[O-])cc1Nc1c([N+](=O)[O-])cc([N+](=O)[O-])cc1[N+](=O)[O-]. The summed E-state index contributed by atoms with van der Waals surface area (Å²) < 4.78 is 0. The van der Waals surface area contributed by atoms with Crippen LogP contribution in [0.15, 0.2) is 24.3 Å². The summed E-state index contributed by atoms with van der Waals surface area (Å²) in [6.07, 6.45) is 0. The topological polar surface area (TPSA) is 254 Å². The first-order valence-electron chi connectivity index (χ1n) is 7.04. The third-order valence-corrected chi connectivity index (χ3v) is 3.49. The van der Waals surface area contributed by atoms with Crippen molar-refractivity contribution < 1.29 is 24.6 Å². The van der Waals surface area contributed by atoms with E-state index in [1.807, 2.05) is 0 Å². The summed E-state index contributed by atoms with van der Waals surface area (Å²) in [7, 11) is 0. The van der Waals surface area contributed by atoms with Gasteiger partial charge < -0.3 is 11.1 Å². The Balaban J connectivity index is 2.77. The molecule has 150 valence electrons. The molecule has 0 fully saturated rings. The van der Waals surface area contributed by atoms with Crippen molar-refractivity contribution in [3.8, 4) is 0 Å². The first kappa shape index (κ1) is 20.4. The van der Waals surface area contributed by atoms with Gasteiger partial charge in [0, 0.05) is 12.1 Å². The number of nitro groups is 5. The van der Waals surface area contributed by atoms with E-state index in [-0.39, 0.29) is 0 Å². The second-order valence-electron chi connectivity index (χ2n) is 5.20. The van der Waals surface area contributed by atoms with E-state index >= 15 is 0 Å². The first-order valence-corrected chi connectivity index (χ1v) is 7.04. The molecule has 0 heterocycles. The van der Waals surface area contributed by atoms with Crippen LogP contribution >= 0.6 is 0 Å². The maximum atomic E-state index is 11.3. The Morgan fingerprint density at radius 1 is 0.621 bits per heavy atom. The van der Waals surface area contributed by atoms with E-state index in [1.54, 1.807) is 0 Å². The van der Waals surface area contributed by atoms with Gasteiger partial charge in [-0.25, -0.2) is 0 Å². The summed E-state index contributed by atoms with van der Waals surface area (Å²) in [5.74, 6) is 0. The molecule has 2 aromatic carbocycles. The minimum atomic E-state index is -1.15. The van der Waals surface area contributed by atoms with Crippen LogP contribution < -0.4 is 11.1 Å². The quantitative estimate of drug-likeness (QED) is 0.380. The number of nitrogen functional groups attached to an aromatic ring is 1. The predicted octanol–water partition coefficient (Wildman–Crippen LogP) is 2.55. The average Bonchev–Trinajstić information content (AvgIpc) is 2.61. The molecule has 0 amide bonds. The second kappa shape index (κ2) is 7.34. The molecule has 2 rings (SSSR count). The molecule has 0 aliphatic heterocycles. The van der Waals surface area contributed by atoms with E-state index in [0.717, 1.165) is 0 Å². The number of nitrogens with one attached hydrogen (secondary N) is 1. The van der Waals surface area contributed by atoms with Crippen LogP contribution in [0.3, 0.4) is 0 Å². The molecular formula is C12H7N7O10. The van der Waals surface area contributed by atoms with Crippen LogP contribution in [-0.2, 0) is 0 Å². The standard InChI is InChI=1S/C12H7N7O10/c13-6-3-8(16(22)23)9(17(24)25)4-7(6)14-12-10(18(26)27)1-5(15(20)21)2-11(12)19(28)29/h1-4,14H,13H2. The number of benzene rings is 2. The molecule has 0 radical (unpaired) electrons. The lowest BCUT2D eigenvalue weighted by Crippen LogP contribution is -2.06. The first-order chi connectivity index (χ1) is 13.4. The lowest BCUT2D eigenvalue weighted by atomic mass is 10.1. The van der Waals surface area contributed by atoms with Crippen molar-refractivity contribution in [2.24, 2.45) is 0 Å². The summed E-state index contributed by atoms with van der Waals surface area (Å²) in [5.41, 5.74) is -1.44. The summed E-state index contributed by atoms with van der Waals surface area (Å²) in [4.78, 5) is 49.8. The molecule has 0 aliphatic carbocycles. The molecule has 0 atom stereocenters. The van der Waals surface area contributed by atoms with Gasteiger partial charge in [-0.2, -0.15) is 0 Å². The van der Waals surface area contributed by atoms with E-state index < -0.39 is 70.1 Å². The number of hydrogen-bond donors (Lipinski definition) is 2. The molecule has 0 saturated heterocycles. The van der Waals surface area contributed by atoms with Gasteiger partial charge in [0.25, 0.3) is 5.69 Å². The van der Waals surface area contributed by atoms with Gasteiger partial charge in [0.1, 0.15) is 0 Å². The van der Waals surface area contributed by atoms with Crippen molar-refractivity contribution in [1.29, 1.82) is 0 Å². The summed E-state index contributed by atoms with van der Waals surface area (Å²) in [5, 5.41) is 57.5. The van der Waals surface area contributed by atoms with Gasteiger partial charge in [0.15, 0.2) is 5.69 Å². The van der Waals surface area contributed by atoms with Crippen LogP contribution in [0.5, 0.6) is 0 Å². The van der Waals surface area contributed by atoms with Gasteiger partial charge in [0.2, 0.25) is 0 Å². The molecule has 0 aromatic heterocycles. The highest BCUT2D eigenvalue weighted by atomic mass is 16.6. The van der Waals surface area contributed by atoms with Crippen molar-refractivity contribution in [3.63, 3.8) is 0 Å². The normalized spacial score (nSPS) is 10.2. The molecule has 0 aliphatic rings. The van der Waals surface area contributed by atoms with Crippen LogP contribution in [0.25, 0.3) is 0 Å². The highest BCUT2D eigenvalue weighted by molar-refractivity contribution is 5.86. The molecule has 3 N–H and O–H groups in total. The van der Waals surface area contributed by atoms with Crippen LogP contribution in [0, 0.1) is 50.6 Å². The maximum Gasteiger partial charge on any atom is 0.348 e. The zero-order chi connectivity index (χ0) is 22.0. The Bertz CT molecular complexity index is 1060. The lowest BCUT2D eigenvalue weighted by molar-refractivity contribution is -0.422. The van der Waals surface area contributed by atoms with E-state index in [1.165, 1.54) is 0 Å². The highest BCUT2D eigenvalue weighted by Crippen LogP contribution is 2.43. The van der Waals surface area contributed by atoms with Gasteiger partial charge in [-0.3, -0.25) is 50.6 Å². The average molecular weight is 409 g/mol. The Morgan fingerprint density at radius 2 is 1.03 bits per heavy atom. The maximum absolute atomic E-state index is 11.3. The lowest BCUT2D eigenvalue weighted by Gasteiger charge is -2.10. The van der Waals surface area contributed by atoms with Crippen molar-refractivity contribution in [1.82, 2.24) is 0 Å². The van der Waals surface area contributed by atoms with Crippen LogP contribution in [-0.4, -0.2) is 24.6 Å². The van der Waals surface area contributed by atoms with Crippen LogP contribution in [0.1, 0.15) is 0 Å². The van der Waals surface area contributed by atoms with Crippen molar-refractivity contribution >= 4 is 45.5 Å². The Morgan fingerprint density at radius 3 is 1.41 bits per heavy atom. The number of nitro benzene ring substituents is 5. The van der Waals surface area contributed by atoms with Gasteiger partial charge in [-0.1, -0.05) is 0 Å². The number of nitrogens with two attached hydrogens (primary N) is 1. The number of nitrogens with zero attached hydrogens (tertiary/aromatic N) is 5. The van der Waals surface area contributed by atoms with Crippen LogP contribution in [0.2, 0.25) is 0 Å². The minimum Gasteiger partial charge on any atom is -0.397 e. The van der Waals surface area contributed by atoms with Crippen LogP contribution in [0.4, 0.5) is 45.5 Å². The third-order valence-electron chi connectivity index (χ3n) is 3.49. The highest BCUT2D eigenvalue weighted by Gasteiger charge is 2.33. The number of anilines is 3. The summed E-state index contributed by atoms with van der Waals surface area (Å²) in [6, 6.07) is 2.02. The monoisotopic (exact) mass is 409 g/mol. The molecule has 0 spiro atoms. The Labute approximate surface area is 157 Å². The smallest absolute Gasteiger partial charge is 0.348 e. The molecule has 0 unspecified atom stereocenters. The largest absolute Gasteiger partial charge is 0.397 e. The van der Waals surface area contributed by atoms with E-state index in [2.05, 4.69) is 5.32 Å². The van der Waals surface area contributed by atoms with Gasteiger partial charge in [0.05, 0.1) is 48.1 Å². The minimum absolute atomic E-state index is 0.436. The fraction of sp³-hybridized carbons (Fsp3) is 0. The number of hydrogen-bond acceptors (Lipinski definition) is 12. The van der Waals surface area contributed by atoms with Crippen molar-refractivity contribution in [2.75, 3.05) is 11.1 Å². The predicted molar refractivity (Wildman–Crippen MR) is 93.9 cm³/mol. The fourth-order valence-electron chi connectivity index (χ4n) is 2.25. The van der Waals surface area contributed by atoms with Crippen molar-refractivity contribution in [3.05, 3.63) is 74.8 Å². The van der Waals surface area contributed by atoms with E-state index in [4.69, 9.17) is 5.73 Å². The molecule has 29 heavy (non-hydrogen) atoms. The van der Waals surface area contributed by atoms with Gasteiger partial charge in [-0.15, -0.1) is 0 Å².